The predicted molar refractivity (Wildman–Crippen MR) is 79.3 cm³/mol. The molecular weight excluding hydrogens is 236 g/mol. The lowest BCUT2D eigenvalue weighted by atomic mass is 9.97. The highest BCUT2D eigenvalue weighted by Gasteiger charge is 2.25. The van der Waals surface area contributed by atoms with Crippen molar-refractivity contribution in [1.82, 2.24) is 20.1 Å². The van der Waals surface area contributed by atoms with Crippen molar-refractivity contribution < 1.29 is 0 Å². The van der Waals surface area contributed by atoms with E-state index in [1.54, 1.807) is 0 Å². The molecule has 0 amide bonds. The Balaban J connectivity index is 2.06. The third-order valence-electron chi connectivity index (χ3n) is 4.13. The molecule has 1 fully saturated rings. The van der Waals surface area contributed by atoms with Crippen LogP contribution in [-0.2, 0) is 0 Å². The van der Waals surface area contributed by atoms with Gasteiger partial charge in [-0.25, -0.2) is 0 Å². The Morgan fingerprint density at radius 3 is 2.84 bits per heavy atom. The average Bonchev–Trinajstić information content (AvgIpc) is 2.39. The Hall–Kier alpha value is -0.970. The lowest BCUT2D eigenvalue weighted by molar-refractivity contribution is 0.102. The smallest absolute Gasteiger partial charge is 0.0348 e. The molecule has 0 saturated carbocycles. The quantitative estimate of drug-likeness (QED) is 0.886. The number of likely N-dealkylation sites (N-methyl/N-ethyl adjacent to an activating group) is 2. The van der Waals surface area contributed by atoms with Gasteiger partial charge >= 0.3 is 0 Å². The summed E-state index contributed by atoms with van der Waals surface area (Å²) in [6.07, 6.45) is 5.03. The molecule has 0 spiro atoms. The lowest BCUT2D eigenvalue weighted by Gasteiger charge is -2.39. The SMILES string of the molecule is CNC(CC1CN(C)CCN1C)c1cncc(C)c1. The number of hydrogen-bond acceptors (Lipinski definition) is 4. The standard InChI is InChI=1S/C15H26N4/c1-12-7-13(10-17-9-12)15(16-2)8-14-11-18(3)5-6-19(14)4/h7,9-10,14-16H,5-6,8,11H2,1-4H3. The Morgan fingerprint density at radius 2 is 2.16 bits per heavy atom. The van der Waals surface area contributed by atoms with Crippen LogP contribution in [0.4, 0.5) is 0 Å². The Bertz CT molecular complexity index is 407. The predicted octanol–water partition coefficient (Wildman–Crippen LogP) is 1.29. The molecule has 106 valence electrons. The second kappa shape index (κ2) is 6.46. The van der Waals surface area contributed by atoms with E-state index >= 15 is 0 Å². The molecule has 0 bridgehead atoms. The molecule has 1 N–H and O–H groups in total. The fourth-order valence-corrected chi connectivity index (χ4v) is 2.82. The molecule has 2 heterocycles. The highest BCUT2D eigenvalue weighted by molar-refractivity contribution is 5.20. The van der Waals surface area contributed by atoms with Gasteiger partial charge in [0.25, 0.3) is 0 Å². The van der Waals surface area contributed by atoms with Crippen molar-refractivity contribution in [2.24, 2.45) is 0 Å². The molecule has 2 unspecified atom stereocenters. The number of rotatable bonds is 4. The zero-order valence-corrected chi connectivity index (χ0v) is 12.6. The first kappa shape index (κ1) is 14.4. The fourth-order valence-electron chi connectivity index (χ4n) is 2.82. The second-order valence-corrected chi connectivity index (χ2v) is 5.77. The van der Waals surface area contributed by atoms with Crippen LogP contribution in [0.5, 0.6) is 0 Å². The summed E-state index contributed by atoms with van der Waals surface area (Å²) in [7, 11) is 6.49. The van der Waals surface area contributed by atoms with Gasteiger partial charge in [0.1, 0.15) is 0 Å². The lowest BCUT2D eigenvalue weighted by Crippen LogP contribution is -2.50. The van der Waals surface area contributed by atoms with Gasteiger partial charge in [-0.1, -0.05) is 6.07 Å². The highest BCUT2D eigenvalue weighted by atomic mass is 15.3. The summed E-state index contributed by atoms with van der Waals surface area (Å²) in [5, 5.41) is 3.44. The summed E-state index contributed by atoms with van der Waals surface area (Å²) in [6.45, 7) is 5.57. The Kier molecular flexibility index (Phi) is 4.91. The number of nitrogens with one attached hydrogen (secondary N) is 1. The maximum Gasteiger partial charge on any atom is 0.0348 e. The largest absolute Gasteiger partial charge is 0.313 e. The van der Waals surface area contributed by atoms with Crippen LogP contribution in [0.2, 0.25) is 0 Å². The molecule has 0 aromatic carbocycles. The van der Waals surface area contributed by atoms with Gasteiger partial charge in [-0.3, -0.25) is 4.98 Å². The first-order chi connectivity index (χ1) is 9.10. The number of aromatic nitrogens is 1. The molecule has 19 heavy (non-hydrogen) atoms. The zero-order chi connectivity index (χ0) is 13.8. The Morgan fingerprint density at radius 1 is 1.37 bits per heavy atom. The topological polar surface area (TPSA) is 31.4 Å². The van der Waals surface area contributed by atoms with Gasteiger partial charge < -0.3 is 15.1 Å². The van der Waals surface area contributed by atoms with Gasteiger partial charge in [-0.2, -0.15) is 0 Å². The van der Waals surface area contributed by atoms with Crippen LogP contribution in [0.1, 0.15) is 23.6 Å². The van der Waals surface area contributed by atoms with E-state index in [1.165, 1.54) is 17.7 Å². The van der Waals surface area contributed by atoms with E-state index < -0.39 is 0 Å². The van der Waals surface area contributed by atoms with E-state index in [1.807, 2.05) is 19.4 Å². The molecule has 1 aliphatic rings. The molecule has 0 radical (unpaired) electrons. The minimum Gasteiger partial charge on any atom is -0.313 e. The van der Waals surface area contributed by atoms with Crippen molar-refractivity contribution in [3.8, 4) is 0 Å². The van der Waals surface area contributed by atoms with Crippen LogP contribution in [-0.4, -0.2) is 61.6 Å². The molecule has 4 heteroatoms. The van der Waals surface area contributed by atoms with Crippen molar-refractivity contribution >= 4 is 0 Å². The first-order valence-corrected chi connectivity index (χ1v) is 7.07. The van der Waals surface area contributed by atoms with E-state index in [0.29, 0.717) is 12.1 Å². The van der Waals surface area contributed by atoms with Gasteiger partial charge in [0.15, 0.2) is 0 Å². The number of piperazine rings is 1. The molecule has 1 aliphatic heterocycles. The van der Waals surface area contributed by atoms with E-state index in [4.69, 9.17) is 0 Å². The molecule has 1 aromatic heterocycles. The minimum atomic E-state index is 0.381. The van der Waals surface area contributed by atoms with Crippen molar-refractivity contribution in [2.75, 3.05) is 40.8 Å². The fraction of sp³-hybridized carbons (Fsp3) is 0.667. The number of nitrogens with zero attached hydrogens (tertiary/aromatic N) is 3. The maximum atomic E-state index is 4.32. The van der Waals surface area contributed by atoms with Crippen LogP contribution in [0, 0.1) is 6.92 Å². The van der Waals surface area contributed by atoms with Crippen LogP contribution < -0.4 is 5.32 Å². The van der Waals surface area contributed by atoms with E-state index in [0.717, 1.165) is 19.5 Å². The third kappa shape index (κ3) is 3.75. The van der Waals surface area contributed by atoms with E-state index in [2.05, 4.69) is 47.2 Å². The summed E-state index contributed by atoms with van der Waals surface area (Å²) in [5.74, 6) is 0. The summed E-state index contributed by atoms with van der Waals surface area (Å²) >= 11 is 0. The third-order valence-corrected chi connectivity index (χ3v) is 4.13. The highest BCUT2D eigenvalue weighted by Crippen LogP contribution is 2.22. The number of hydrogen-bond donors (Lipinski definition) is 1. The summed E-state index contributed by atoms with van der Waals surface area (Å²) in [4.78, 5) is 9.22. The van der Waals surface area contributed by atoms with Crippen molar-refractivity contribution in [3.63, 3.8) is 0 Å². The van der Waals surface area contributed by atoms with Gasteiger partial charge in [0.05, 0.1) is 0 Å². The van der Waals surface area contributed by atoms with Crippen LogP contribution in [0.3, 0.4) is 0 Å². The number of pyridine rings is 1. The van der Waals surface area contributed by atoms with Crippen molar-refractivity contribution in [2.45, 2.75) is 25.4 Å². The van der Waals surface area contributed by atoms with E-state index in [9.17, 15) is 0 Å². The molecule has 1 saturated heterocycles. The maximum absolute atomic E-state index is 4.32. The van der Waals surface area contributed by atoms with Crippen molar-refractivity contribution in [1.29, 1.82) is 0 Å². The number of aryl methyl sites for hydroxylation is 1. The van der Waals surface area contributed by atoms with E-state index in [-0.39, 0.29) is 0 Å². The van der Waals surface area contributed by atoms with Crippen LogP contribution in [0.15, 0.2) is 18.5 Å². The molecule has 1 aromatic rings. The van der Waals surface area contributed by atoms with Gasteiger partial charge in [-0.15, -0.1) is 0 Å². The molecule has 4 nitrogen and oxygen atoms in total. The second-order valence-electron chi connectivity index (χ2n) is 5.77. The van der Waals surface area contributed by atoms with Gasteiger partial charge in [0, 0.05) is 44.1 Å². The van der Waals surface area contributed by atoms with Gasteiger partial charge in [-0.05, 0) is 45.6 Å². The average molecular weight is 262 g/mol. The molecule has 2 atom stereocenters. The molecule has 0 aliphatic carbocycles. The van der Waals surface area contributed by atoms with Gasteiger partial charge in [0.2, 0.25) is 0 Å². The zero-order valence-electron chi connectivity index (χ0n) is 12.6. The summed E-state index contributed by atoms with van der Waals surface area (Å²) in [5.41, 5.74) is 2.52. The van der Waals surface area contributed by atoms with Crippen LogP contribution >= 0.6 is 0 Å². The summed E-state index contributed by atoms with van der Waals surface area (Å²) < 4.78 is 0. The molecular formula is C15H26N4. The molecule has 2 rings (SSSR count). The normalized spacial score (nSPS) is 23.5. The minimum absolute atomic E-state index is 0.381. The monoisotopic (exact) mass is 262 g/mol. The first-order valence-electron chi connectivity index (χ1n) is 7.07. The summed E-state index contributed by atoms with van der Waals surface area (Å²) in [6, 6.07) is 3.23. The Labute approximate surface area is 116 Å². The van der Waals surface area contributed by atoms with Crippen molar-refractivity contribution in [3.05, 3.63) is 29.6 Å². The van der Waals surface area contributed by atoms with Crippen LogP contribution in [0.25, 0.3) is 0 Å².